The summed E-state index contributed by atoms with van der Waals surface area (Å²) < 4.78 is 12.2. The number of likely N-dealkylation sites (tertiary alicyclic amines) is 1. The van der Waals surface area contributed by atoms with Crippen LogP contribution in [0.2, 0.25) is 15.1 Å². The lowest BCUT2D eigenvalue weighted by atomic mass is 9.82. The number of fused-ring (bicyclic) bond motifs is 1. The smallest absolute Gasteiger partial charge is 0.266 e. The molecule has 31 heavy (non-hydrogen) atoms. The number of ether oxygens (including phenoxy) is 2. The Morgan fingerprint density at radius 2 is 1.71 bits per heavy atom. The van der Waals surface area contributed by atoms with Crippen molar-refractivity contribution < 1.29 is 19.1 Å². The summed E-state index contributed by atoms with van der Waals surface area (Å²) >= 11 is 18.2. The van der Waals surface area contributed by atoms with Gasteiger partial charge >= 0.3 is 0 Å². The van der Waals surface area contributed by atoms with Crippen LogP contribution < -0.4 is 9.47 Å². The Hall–Kier alpha value is -1.95. The highest BCUT2D eigenvalue weighted by molar-refractivity contribution is 6.36. The number of piperidine rings is 1. The predicted molar refractivity (Wildman–Crippen MR) is 121 cm³/mol. The van der Waals surface area contributed by atoms with Gasteiger partial charge in [0, 0.05) is 36.0 Å². The monoisotopic (exact) mass is 481 g/mol. The molecule has 8 heteroatoms. The van der Waals surface area contributed by atoms with Crippen molar-refractivity contribution >= 4 is 46.5 Å². The highest BCUT2D eigenvalue weighted by atomic mass is 35.5. The lowest BCUT2D eigenvalue weighted by molar-refractivity contribution is -0.149. The maximum atomic E-state index is 13.1. The van der Waals surface area contributed by atoms with Crippen molar-refractivity contribution in [3.8, 4) is 11.5 Å². The molecule has 0 saturated carbocycles. The summed E-state index contributed by atoms with van der Waals surface area (Å²) in [7, 11) is 0. The van der Waals surface area contributed by atoms with Gasteiger partial charge in [-0.2, -0.15) is 0 Å². The number of hydrogen-bond donors (Lipinski definition) is 0. The van der Waals surface area contributed by atoms with Crippen LogP contribution in [0, 0.1) is 0 Å². The van der Waals surface area contributed by atoms with E-state index in [2.05, 4.69) is 0 Å². The molecule has 5 nitrogen and oxygen atoms in total. The third-order valence-electron chi connectivity index (χ3n) is 5.77. The van der Waals surface area contributed by atoms with E-state index < -0.39 is 11.2 Å². The van der Waals surface area contributed by atoms with E-state index in [4.69, 9.17) is 44.3 Å². The summed E-state index contributed by atoms with van der Waals surface area (Å²) in [6.07, 6.45) is 1.29. The molecular weight excluding hydrogens is 461 g/mol. The zero-order chi connectivity index (χ0) is 22.4. The minimum Gasteiger partial charge on any atom is -0.484 e. The zero-order valence-electron chi connectivity index (χ0n) is 17.2. The van der Waals surface area contributed by atoms with E-state index in [0.717, 1.165) is 0 Å². The number of carbonyl (C=O) groups is 2. The molecule has 1 fully saturated rings. The van der Waals surface area contributed by atoms with Crippen molar-refractivity contribution in [3.05, 3.63) is 57.0 Å². The largest absolute Gasteiger partial charge is 0.484 e. The molecule has 2 aliphatic rings. The molecular formula is C23H22Cl3NO4. The van der Waals surface area contributed by atoms with Gasteiger partial charge in [-0.15, -0.1) is 0 Å². The van der Waals surface area contributed by atoms with Gasteiger partial charge in [-0.05, 0) is 50.2 Å². The maximum absolute atomic E-state index is 13.1. The van der Waals surface area contributed by atoms with Gasteiger partial charge in [0.25, 0.3) is 5.91 Å². The zero-order valence-corrected chi connectivity index (χ0v) is 19.5. The third kappa shape index (κ3) is 4.50. The first-order chi connectivity index (χ1) is 14.6. The molecule has 164 valence electrons. The minimum atomic E-state index is -1.05. The van der Waals surface area contributed by atoms with Gasteiger partial charge in [-0.3, -0.25) is 9.59 Å². The molecule has 2 aliphatic heterocycles. The average Bonchev–Trinajstić information content (AvgIpc) is 2.71. The molecule has 0 radical (unpaired) electrons. The van der Waals surface area contributed by atoms with Crippen LogP contribution in [0.15, 0.2) is 36.4 Å². The number of hydrogen-bond acceptors (Lipinski definition) is 4. The summed E-state index contributed by atoms with van der Waals surface area (Å²) in [5, 5.41) is 1.33. The number of nitrogens with zero attached hydrogens (tertiary/aromatic N) is 1. The van der Waals surface area contributed by atoms with Crippen LogP contribution in [0.3, 0.4) is 0 Å². The van der Waals surface area contributed by atoms with E-state index in [-0.39, 0.29) is 18.1 Å². The molecule has 1 spiro atoms. The molecule has 2 aromatic rings. The fourth-order valence-electron chi connectivity index (χ4n) is 4.13. The normalized spacial score (nSPS) is 17.8. The average molecular weight is 483 g/mol. The Bertz CT molecular complexity index is 1030. The summed E-state index contributed by atoms with van der Waals surface area (Å²) in [4.78, 5) is 27.7. The second-order valence-electron chi connectivity index (χ2n) is 8.51. The number of rotatable bonds is 3. The Kier molecular flexibility index (Phi) is 5.88. The Balaban J connectivity index is 1.45. The Morgan fingerprint density at radius 1 is 1.06 bits per heavy atom. The standard InChI is InChI=1S/C23H22Cl3NO4/c1-22(2,30-16-5-3-14(24)4-6-16)21(29)27-9-7-23(8-10-27)13-19(28)17-11-15(25)12-18(26)20(17)31-23/h3-6,11-12H,7-10,13H2,1-2H3. The van der Waals surface area contributed by atoms with E-state index >= 15 is 0 Å². The van der Waals surface area contributed by atoms with E-state index in [9.17, 15) is 9.59 Å². The molecule has 4 rings (SSSR count). The number of Topliss-reactive ketones (excluding diaryl/α,β-unsaturated/α-hetero) is 1. The van der Waals surface area contributed by atoms with Crippen molar-refractivity contribution in [2.75, 3.05) is 13.1 Å². The highest BCUT2D eigenvalue weighted by Crippen LogP contribution is 2.44. The number of amides is 1. The first kappa shape index (κ1) is 22.3. The van der Waals surface area contributed by atoms with Crippen molar-refractivity contribution in [2.24, 2.45) is 0 Å². The van der Waals surface area contributed by atoms with E-state index in [1.54, 1.807) is 55.1 Å². The van der Waals surface area contributed by atoms with Gasteiger partial charge in [0.1, 0.15) is 17.1 Å². The Labute approximate surface area is 196 Å². The summed E-state index contributed by atoms with van der Waals surface area (Å²) in [6, 6.07) is 10.1. The van der Waals surface area contributed by atoms with E-state index in [0.29, 0.717) is 58.1 Å². The highest BCUT2D eigenvalue weighted by Gasteiger charge is 2.46. The van der Waals surface area contributed by atoms with E-state index in [1.165, 1.54) is 0 Å². The third-order valence-corrected chi connectivity index (χ3v) is 6.52. The minimum absolute atomic E-state index is 0.0446. The summed E-state index contributed by atoms with van der Waals surface area (Å²) in [6.45, 7) is 4.41. The molecule has 0 unspecified atom stereocenters. The van der Waals surface area contributed by atoms with Crippen LogP contribution in [0.1, 0.15) is 43.5 Å². The van der Waals surface area contributed by atoms with Gasteiger partial charge < -0.3 is 14.4 Å². The second kappa shape index (κ2) is 8.19. The van der Waals surface area contributed by atoms with Crippen LogP contribution in [0.4, 0.5) is 0 Å². The van der Waals surface area contributed by atoms with Crippen molar-refractivity contribution in [1.82, 2.24) is 4.90 Å². The van der Waals surface area contributed by atoms with Gasteiger partial charge in [0.2, 0.25) is 0 Å². The van der Waals surface area contributed by atoms with Crippen LogP contribution in [0.25, 0.3) is 0 Å². The number of benzene rings is 2. The number of halogens is 3. The van der Waals surface area contributed by atoms with E-state index in [1.807, 2.05) is 0 Å². The van der Waals surface area contributed by atoms with Crippen LogP contribution >= 0.6 is 34.8 Å². The quantitative estimate of drug-likeness (QED) is 0.552. The lowest BCUT2D eigenvalue weighted by Crippen LogP contribution is -2.56. The fourth-order valence-corrected chi connectivity index (χ4v) is 4.79. The molecule has 2 aromatic carbocycles. The first-order valence-corrected chi connectivity index (χ1v) is 11.2. The number of ketones is 1. The predicted octanol–water partition coefficient (Wildman–Crippen LogP) is 5.83. The molecule has 0 bridgehead atoms. The van der Waals surface area contributed by atoms with Gasteiger partial charge in [0.05, 0.1) is 17.0 Å². The fraction of sp³-hybridized carbons (Fsp3) is 0.391. The van der Waals surface area contributed by atoms with Crippen molar-refractivity contribution in [1.29, 1.82) is 0 Å². The lowest BCUT2D eigenvalue weighted by Gasteiger charge is -2.45. The SMILES string of the molecule is CC(C)(Oc1ccc(Cl)cc1)C(=O)N1CCC2(CC1)CC(=O)c1cc(Cl)cc(Cl)c1O2. The summed E-state index contributed by atoms with van der Waals surface area (Å²) in [5.74, 6) is 0.789. The molecule has 0 atom stereocenters. The molecule has 2 heterocycles. The molecule has 0 aromatic heterocycles. The van der Waals surface area contributed by atoms with Gasteiger partial charge in [0.15, 0.2) is 11.4 Å². The number of carbonyl (C=O) groups excluding carboxylic acids is 2. The Morgan fingerprint density at radius 3 is 2.35 bits per heavy atom. The molecule has 1 amide bonds. The van der Waals surface area contributed by atoms with Crippen molar-refractivity contribution in [2.45, 2.75) is 44.3 Å². The van der Waals surface area contributed by atoms with Crippen LogP contribution in [-0.4, -0.2) is 40.9 Å². The van der Waals surface area contributed by atoms with Crippen LogP contribution in [0.5, 0.6) is 11.5 Å². The first-order valence-electron chi connectivity index (χ1n) is 10.0. The summed E-state index contributed by atoms with van der Waals surface area (Å²) in [5.41, 5.74) is -1.30. The van der Waals surface area contributed by atoms with Crippen molar-refractivity contribution in [3.63, 3.8) is 0 Å². The van der Waals surface area contributed by atoms with Crippen LogP contribution in [-0.2, 0) is 4.79 Å². The molecule has 0 N–H and O–H groups in total. The molecule has 0 aliphatic carbocycles. The maximum Gasteiger partial charge on any atom is 0.266 e. The van der Waals surface area contributed by atoms with Gasteiger partial charge in [-0.25, -0.2) is 0 Å². The topological polar surface area (TPSA) is 55.8 Å². The van der Waals surface area contributed by atoms with Gasteiger partial charge in [-0.1, -0.05) is 34.8 Å². The molecule has 1 saturated heterocycles. The second-order valence-corrected chi connectivity index (χ2v) is 9.79.